The Hall–Kier alpha value is -3.54. The molecule has 0 radical (unpaired) electrons. The van der Waals surface area contributed by atoms with E-state index in [0.29, 0.717) is 28.2 Å². The van der Waals surface area contributed by atoms with Crippen molar-refractivity contribution in [3.8, 4) is 5.75 Å². The van der Waals surface area contributed by atoms with Gasteiger partial charge < -0.3 is 23.9 Å². The maximum atomic E-state index is 13.7. The number of alkyl carbamates (subject to hydrolysis) is 1. The molecule has 0 fully saturated rings. The monoisotopic (exact) mass is 748 g/mol. The summed E-state index contributed by atoms with van der Waals surface area (Å²) in [5.41, 5.74) is 1.82. The van der Waals surface area contributed by atoms with Crippen molar-refractivity contribution in [2.24, 2.45) is 0 Å². The van der Waals surface area contributed by atoms with Crippen molar-refractivity contribution in [3.05, 3.63) is 100 Å². The van der Waals surface area contributed by atoms with Crippen LogP contribution in [-0.2, 0) is 36.5 Å². The smallest absolute Gasteiger partial charge is 0.407 e. The summed E-state index contributed by atoms with van der Waals surface area (Å²) in [6.07, 6.45) is 1.78. The van der Waals surface area contributed by atoms with E-state index >= 15 is 0 Å². The second-order valence-corrected chi connectivity index (χ2v) is 15.1. The van der Waals surface area contributed by atoms with Crippen molar-refractivity contribution < 1.29 is 32.7 Å². The molecule has 49 heavy (non-hydrogen) atoms. The van der Waals surface area contributed by atoms with E-state index in [1.54, 1.807) is 55.7 Å². The first kappa shape index (κ1) is 38.3. The number of carbonyl (C=O) groups excluding carboxylic acids is 2. The maximum absolute atomic E-state index is 13.7. The number of carbonyl (C=O) groups is 2. The molecule has 0 spiro atoms. The lowest BCUT2D eigenvalue weighted by Crippen LogP contribution is -2.27. The average Bonchev–Trinajstić information content (AvgIpc) is 3.39. The normalized spacial score (nSPS) is 13.0. The SMILES string of the molecule is CCOC(=O)[C@H](C)OP(=O)(CCCNC(=O)OCc1nc(C(C)C)c(Sc2cc(Cl)cc(Cl)c2)n1Cc1ccncc1)Oc1ccccc1. The number of imidazole rings is 1. The van der Waals surface area contributed by atoms with Gasteiger partial charge in [0.25, 0.3) is 0 Å². The minimum atomic E-state index is -3.82. The standard InChI is InChI=1S/C34H39Cl2N4O7PS/c1-5-44-33(41)24(4)46-48(43,47-28-10-7-6-8-11-28)17-9-14-38-34(42)45-22-30-39-31(23(2)3)32(40(30)21-25-12-15-37-16-13-25)49-29-19-26(35)18-27(36)20-29/h6-8,10-13,15-16,18-20,23-24H,5,9,14,17,21-22H2,1-4H3,(H,38,42)/t24-,48?/m0/s1. The van der Waals surface area contributed by atoms with E-state index in [9.17, 15) is 14.2 Å². The fraction of sp³-hybridized carbons (Fsp3) is 0.353. The predicted octanol–water partition coefficient (Wildman–Crippen LogP) is 8.76. The topological polar surface area (TPSA) is 131 Å². The number of hydrogen-bond donors (Lipinski definition) is 1. The third-order valence-corrected chi connectivity index (χ3v) is 10.4. The largest absolute Gasteiger partial charge is 0.464 e. The average molecular weight is 750 g/mol. The molecule has 0 aliphatic carbocycles. The van der Waals surface area contributed by atoms with E-state index in [2.05, 4.69) is 10.3 Å². The fourth-order valence-corrected chi connectivity index (χ4v) is 8.29. The van der Waals surface area contributed by atoms with Crippen LogP contribution in [0.5, 0.6) is 5.75 Å². The first-order chi connectivity index (χ1) is 23.5. The van der Waals surface area contributed by atoms with Gasteiger partial charge in [-0.15, -0.1) is 0 Å². The highest BCUT2D eigenvalue weighted by atomic mass is 35.5. The Balaban J connectivity index is 1.44. The molecule has 2 aromatic heterocycles. The Kier molecular flexibility index (Phi) is 14.4. The highest BCUT2D eigenvalue weighted by molar-refractivity contribution is 7.99. The van der Waals surface area contributed by atoms with Gasteiger partial charge >= 0.3 is 19.7 Å². The number of benzene rings is 2. The van der Waals surface area contributed by atoms with Crippen LogP contribution in [0.3, 0.4) is 0 Å². The number of halogens is 2. The second-order valence-electron chi connectivity index (χ2n) is 11.1. The van der Waals surface area contributed by atoms with Gasteiger partial charge in [-0.3, -0.25) is 9.51 Å². The van der Waals surface area contributed by atoms with Crippen molar-refractivity contribution in [2.45, 2.75) is 69.2 Å². The van der Waals surface area contributed by atoms with Crippen LogP contribution < -0.4 is 9.84 Å². The van der Waals surface area contributed by atoms with Crippen LogP contribution in [0.15, 0.2) is 83.0 Å². The van der Waals surface area contributed by atoms with Gasteiger partial charge in [-0.1, -0.05) is 67.0 Å². The molecule has 2 atom stereocenters. The fourth-order valence-electron chi connectivity index (χ4n) is 4.58. The molecule has 262 valence electrons. The summed E-state index contributed by atoms with van der Waals surface area (Å²) in [5, 5.41) is 4.59. The van der Waals surface area contributed by atoms with E-state index in [1.165, 1.54) is 18.7 Å². The number of hydrogen-bond acceptors (Lipinski definition) is 10. The number of aromatic nitrogens is 3. The molecule has 11 nitrogen and oxygen atoms in total. The zero-order valence-electron chi connectivity index (χ0n) is 27.6. The van der Waals surface area contributed by atoms with Crippen molar-refractivity contribution in [2.75, 3.05) is 19.3 Å². The Morgan fingerprint density at radius 2 is 1.69 bits per heavy atom. The van der Waals surface area contributed by atoms with Gasteiger partial charge in [0.15, 0.2) is 12.7 Å². The van der Waals surface area contributed by atoms with E-state index in [4.69, 9.17) is 46.7 Å². The summed E-state index contributed by atoms with van der Waals surface area (Å²) < 4.78 is 37.6. The Labute approximate surface area is 300 Å². The molecule has 0 saturated heterocycles. The molecule has 1 unspecified atom stereocenters. The quantitative estimate of drug-likeness (QED) is 0.0635. The molecule has 2 heterocycles. The van der Waals surface area contributed by atoms with Crippen LogP contribution in [0.4, 0.5) is 4.79 Å². The van der Waals surface area contributed by atoms with Crippen LogP contribution in [0.1, 0.15) is 57.1 Å². The molecule has 15 heteroatoms. The number of nitrogens with one attached hydrogen (secondary N) is 1. The minimum Gasteiger partial charge on any atom is -0.464 e. The zero-order chi connectivity index (χ0) is 35.4. The lowest BCUT2D eigenvalue weighted by atomic mass is 10.1. The van der Waals surface area contributed by atoms with Crippen molar-refractivity contribution in [1.29, 1.82) is 0 Å². The van der Waals surface area contributed by atoms with Crippen LogP contribution in [0, 0.1) is 0 Å². The first-order valence-electron chi connectivity index (χ1n) is 15.7. The van der Waals surface area contributed by atoms with E-state index in [0.717, 1.165) is 21.2 Å². The van der Waals surface area contributed by atoms with E-state index in [1.807, 2.05) is 42.7 Å². The van der Waals surface area contributed by atoms with Gasteiger partial charge in [-0.25, -0.2) is 19.1 Å². The Morgan fingerprint density at radius 3 is 2.35 bits per heavy atom. The van der Waals surface area contributed by atoms with Gasteiger partial charge in [0.2, 0.25) is 0 Å². The molecule has 0 aliphatic heterocycles. The third kappa shape index (κ3) is 11.8. The highest BCUT2D eigenvalue weighted by Crippen LogP contribution is 2.50. The molecule has 4 rings (SSSR count). The lowest BCUT2D eigenvalue weighted by Gasteiger charge is -2.22. The maximum Gasteiger partial charge on any atom is 0.407 e. The Bertz CT molecular complexity index is 1730. The van der Waals surface area contributed by atoms with Gasteiger partial charge in [0.05, 0.1) is 25.0 Å². The second kappa shape index (κ2) is 18.5. The summed E-state index contributed by atoms with van der Waals surface area (Å²) in [5.74, 6) is 0.287. The van der Waals surface area contributed by atoms with Crippen LogP contribution in [0.2, 0.25) is 10.0 Å². The first-order valence-corrected chi connectivity index (χ1v) is 19.0. The Morgan fingerprint density at radius 1 is 1.00 bits per heavy atom. The minimum absolute atomic E-state index is 0.0611. The number of ether oxygens (including phenoxy) is 2. The number of amides is 1. The molecular weight excluding hydrogens is 710 g/mol. The summed E-state index contributed by atoms with van der Waals surface area (Å²) in [4.78, 5) is 34.8. The molecule has 2 aromatic carbocycles. The van der Waals surface area contributed by atoms with Gasteiger partial charge in [-0.05, 0) is 74.2 Å². The molecule has 0 aliphatic rings. The summed E-state index contributed by atoms with van der Waals surface area (Å²) in [6.45, 7) is 7.82. The summed E-state index contributed by atoms with van der Waals surface area (Å²) >= 11 is 14.1. The molecule has 1 amide bonds. The number of para-hydroxylation sites is 1. The summed E-state index contributed by atoms with van der Waals surface area (Å²) in [6, 6.07) is 17.7. The van der Waals surface area contributed by atoms with Crippen molar-refractivity contribution in [1.82, 2.24) is 19.9 Å². The van der Waals surface area contributed by atoms with E-state index in [-0.39, 0.29) is 38.3 Å². The van der Waals surface area contributed by atoms with Crippen LogP contribution >= 0.6 is 42.6 Å². The molecular formula is C34H39Cl2N4O7PS. The number of nitrogens with zero attached hydrogens (tertiary/aromatic N) is 3. The van der Waals surface area contributed by atoms with Crippen LogP contribution in [0.25, 0.3) is 0 Å². The molecule has 0 bridgehead atoms. The van der Waals surface area contributed by atoms with Gasteiger partial charge in [0.1, 0.15) is 16.6 Å². The molecule has 4 aromatic rings. The number of pyridine rings is 1. The zero-order valence-corrected chi connectivity index (χ0v) is 30.9. The molecule has 1 N–H and O–H groups in total. The lowest BCUT2D eigenvalue weighted by molar-refractivity contribution is -0.150. The van der Waals surface area contributed by atoms with Gasteiger partial charge in [0, 0.05) is 33.9 Å². The van der Waals surface area contributed by atoms with Crippen molar-refractivity contribution in [3.63, 3.8) is 0 Å². The number of esters is 1. The van der Waals surface area contributed by atoms with Gasteiger partial charge in [-0.2, -0.15) is 0 Å². The molecule has 0 saturated carbocycles. The van der Waals surface area contributed by atoms with Crippen molar-refractivity contribution >= 4 is 54.6 Å². The van der Waals surface area contributed by atoms with E-state index < -0.39 is 25.8 Å². The third-order valence-electron chi connectivity index (χ3n) is 6.85. The number of rotatable bonds is 17. The predicted molar refractivity (Wildman–Crippen MR) is 190 cm³/mol. The van der Waals surface area contributed by atoms with Crippen LogP contribution in [-0.4, -0.2) is 52.0 Å². The summed E-state index contributed by atoms with van der Waals surface area (Å²) in [7, 11) is -3.82. The highest BCUT2D eigenvalue weighted by Gasteiger charge is 2.32.